The lowest BCUT2D eigenvalue weighted by Gasteiger charge is -2.36. The maximum Gasteiger partial charge on any atom is 0.410 e. The molecule has 5 rings (SSSR count). The Hall–Kier alpha value is -3.18. The molecule has 0 bridgehead atoms. The van der Waals surface area contributed by atoms with Crippen molar-refractivity contribution in [3.8, 4) is 11.1 Å². The largest absolute Gasteiger partial charge is 0.444 e. The smallest absolute Gasteiger partial charge is 0.410 e. The standard InChI is InChI=1S/C28H32F2N4O4S/c1-16-12-20-23-24(22(16)19-7-6-17(29)13-21(19)30)39-15-18(37-5)14-34(23)26(35)31-25(20)32-8-10-33(11-9-32)27(36)38-28(2,3)4/h6-7,12-13,18H,8-11,14-15H2,1-5H3/t18-/m1/s1. The van der Waals surface area contributed by atoms with Crippen molar-refractivity contribution in [3.05, 3.63) is 51.9 Å². The molecule has 2 aliphatic rings. The van der Waals surface area contributed by atoms with Crippen molar-refractivity contribution in [3.63, 3.8) is 0 Å². The van der Waals surface area contributed by atoms with E-state index in [2.05, 4.69) is 4.98 Å². The van der Waals surface area contributed by atoms with E-state index in [0.29, 0.717) is 55.4 Å². The summed E-state index contributed by atoms with van der Waals surface area (Å²) < 4.78 is 41.5. The van der Waals surface area contributed by atoms with Crippen molar-refractivity contribution >= 4 is 34.6 Å². The third kappa shape index (κ3) is 5.34. The SMILES string of the molecule is CO[C@H]1CSc2c(-c3ccc(F)cc3F)c(C)cc3c(N4CCN(C(=O)OC(C)(C)C)CC4)nc(=O)n(c23)C1. The zero-order valence-corrected chi connectivity index (χ0v) is 23.5. The van der Waals surface area contributed by atoms with Crippen LogP contribution in [0.15, 0.2) is 34.0 Å². The Morgan fingerprint density at radius 2 is 1.85 bits per heavy atom. The van der Waals surface area contributed by atoms with Crippen molar-refractivity contribution < 1.29 is 23.0 Å². The molecule has 208 valence electrons. The summed E-state index contributed by atoms with van der Waals surface area (Å²) in [6.45, 7) is 9.47. The molecule has 3 aromatic rings. The van der Waals surface area contributed by atoms with Gasteiger partial charge in [0.1, 0.15) is 23.1 Å². The number of carbonyl (C=O) groups is 1. The Morgan fingerprint density at radius 3 is 2.49 bits per heavy atom. The second-order valence-corrected chi connectivity index (χ2v) is 11.9. The zero-order chi connectivity index (χ0) is 28.1. The lowest BCUT2D eigenvalue weighted by atomic mass is 9.97. The van der Waals surface area contributed by atoms with E-state index in [1.165, 1.54) is 23.9 Å². The number of benzene rings is 2. The van der Waals surface area contributed by atoms with Crippen molar-refractivity contribution in [2.75, 3.05) is 43.9 Å². The van der Waals surface area contributed by atoms with Crippen LogP contribution in [0.2, 0.25) is 0 Å². The van der Waals surface area contributed by atoms with Crippen molar-refractivity contribution in [1.82, 2.24) is 14.5 Å². The number of halogens is 2. The molecule has 0 aliphatic carbocycles. The van der Waals surface area contributed by atoms with Crippen molar-refractivity contribution in [2.24, 2.45) is 0 Å². The fourth-order valence-electron chi connectivity index (χ4n) is 5.10. The van der Waals surface area contributed by atoms with Crippen LogP contribution in [-0.4, -0.2) is 71.3 Å². The number of hydrogen-bond acceptors (Lipinski definition) is 7. The van der Waals surface area contributed by atoms with Gasteiger partial charge in [-0.3, -0.25) is 4.57 Å². The van der Waals surface area contributed by atoms with Crippen LogP contribution < -0.4 is 10.6 Å². The van der Waals surface area contributed by atoms with Gasteiger partial charge in [0.2, 0.25) is 0 Å². The van der Waals surface area contributed by atoms with E-state index in [4.69, 9.17) is 9.47 Å². The number of aromatic nitrogens is 2. The third-order valence-electron chi connectivity index (χ3n) is 6.96. The third-order valence-corrected chi connectivity index (χ3v) is 8.18. The molecule has 1 saturated heterocycles. The van der Waals surface area contributed by atoms with Gasteiger partial charge in [0.15, 0.2) is 0 Å². The van der Waals surface area contributed by atoms with Crippen LogP contribution in [-0.2, 0) is 16.0 Å². The molecule has 3 heterocycles. The average molecular weight is 559 g/mol. The van der Waals surface area contributed by atoms with Crippen LogP contribution in [0.3, 0.4) is 0 Å². The molecule has 1 aromatic heterocycles. The quantitative estimate of drug-likeness (QED) is 0.456. The molecule has 11 heteroatoms. The van der Waals surface area contributed by atoms with Crippen LogP contribution in [0.1, 0.15) is 26.3 Å². The molecule has 39 heavy (non-hydrogen) atoms. The highest BCUT2D eigenvalue weighted by Gasteiger charge is 2.31. The monoisotopic (exact) mass is 558 g/mol. The summed E-state index contributed by atoms with van der Waals surface area (Å²) in [7, 11) is 1.60. The van der Waals surface area contributed by atoms with Crippen molar-refractivity contribution in [2.45, 2.75) is 50.8 Å². The second kappa shape index (κ2) is 10.4. The number of nitrogens with zero attached hydrogens (tertiary/aromatic N) is 4. The minimum atomic E-state index is -0.664. The van der Waals surface area contributed by atoms with Crippen LogP contribution in [0.25, 0.3) is 22.0 Å². The zero-order valence-electron chi connectivity index (χ0n) is 22.7. The molecular weight excluding hydrogens is 526 g/mol. The van der Waals surface area contributed by atoms with Gasteiger partial charge >= 0.3 is 11.8 Å². The maximum absolute atomic E-state index is 15.0. The number of anilines is 1. The normalized spacial score (nSPS) is 17.9. The van der Waals surface area contributed by atoms with Crippen LogP contribution in [0.4, 0.5) is 19.4 Å². The summed E-state index contributed by atoms with van der Waals surface area (Å²) in [5.41, 5.74) is 1.34. The number of piperazine rings is 1. The number of rotatable bonds is 3. The van der Waals surface area contributed by atoms with Gasteiger partial charge in [0.25, 0.3) is 0 Å². The lowest BCUT2D eigenvalue weighted by molar-refractivity contribution is 0.0240. The van der Waals surface area contributed by atoms with Gasteiger partial charge in [-0.1, -0.05) is 0 Å². The molecule has 2 aliphatic heterocycles. The summed E-state index contributed by atoms with van der Waals surface area (Å²) in [5.74, 6) is -0.234. The first-order chi connectivity index (χ1) is 18.5. The number of thioether (sulfide) groups is 1. The fraction of sp³-hybridized carbons (Fsp3) is 0.464. The predicted octanol–water partition coefficient (Wildman–Crippen LogP) is 4.83. The second-order valence-electron chi connectivity index (χ2n) is 10.9. The number of amides is 1. The molecular formula is C28H32F2N4O4S. The maximum atomic E-state index is 15.0. The molecule has 0 N–H and O–H groups in total. The first-order valence-corrected chi connectivity index (χ1v) is 13.9. The van der Waals surface area contributed by atoms with Gasteiger partial charge in [-0.25, -0.2) is 18.4 Å². The topological polar surface area (TPSA) is 76.9 Å². The van der Waals surface area contributed by atoms with Gasteiger partial charge in [0, 0.05) is 66.5 Å². The molecule has 0 spiro atoms. The van der Waals surface area contributed by atoms with E-state index >= 15 is 4.39 Å². The highest BCUT2D eigenvalue weighted by Crippen LogP contribution is 2.44. The summed E-state index contributed by atoms with van der Waals surface area (Å²) >= 11 is 1.50. The molecule has 8 nitrogen and oxygen atoms in total. The first kappa shape index (κ1) is 27.4. The van der Waals surface area contributed by atoms with E-state index in [-0.39, 0.29) is 17.8 Å². The average Bonchev–Trinajstić information content (AvgIpc) is 3.07. The van der Waals surface area contributed by atoms with Crippen LogP contribution in [0, 0.1) is 18.6 Å². The summed E-state index contributed by atoms with van der Waals surface area (Å²) in [4.78, 5) is 34.9. The van der Waals surface area contributed by atoms with Gasteiger partial charge in [-0.15, -0.1) is 11.8 Å². The number of aryl methyl sites for hydroxylation is 1. The summed E-state index contributed by atoms with van der Waals surface area (Å²) in [6.07, 6.45) is -0.619. The number of carbonyl (C=O) groups excluding carboxylic acids is 1. The number of methoxy groups -OCH3 is 1. The Bertz CT molecular complexity index is 1500. The molecule has 0 radical (unpaired) electrons. The summed E-state index contributed by atoms with van der Waals surface area (Å²) in [6, 6.07) is 5.47. The molecule has 1 fully saturated rings. The van der Waals surface area contributed by atoms with E-state index in [1.54, 1.807) is 16.6 Å². The molecule has 0 saturated carbocycles. The molecule has 1 amide bonds. The molecule has 0 unspecified atom stereocenters. The highest BCUT2D eigenvalue weighted by molar-refractivity contribution is 7.99. The Balaban J connectivity index is 1.62. The Labute approximate surface area is 229 Å². The van der Waals surface area contributed by atoms with Gasteiger partial charge in [-0.05, 0) is 51.5 Å². The van der Waals surface area contributed by atoms with Crippen LogP contribution >= 0.6 is 11.8 Å². The highest BCUT2D eigenvalue weighted by atomic mass is 32.2. The van der Waals surface area contributed by atoms with E-state index in [0.717, 1.165) is 21.9 Å². The van der Waals surface area contributed by atoms with Gasteiger partial charge < -0.3 is 19.3 Å². The van der Waals surface area contributed by atoms with E-state index < -0.39 is 22.9 Å². The minimum absolute atomic E-state index is 0.250. The van der Waals surface area contributed by atoms with E-state index in [9.17, 15) is 14.0 Å². The Morgan fingerprint density at radius 1 is 1.13 bits per heavy atom. The lowest BCUT2D eigenvalue weighted by Crippen LogP contribution is -2.50. The van der Waals surface area contributed by atoms with E-state index in [1.807, 2.05) is 38.7 Å². The number of hydrogen-bond donors (Lipinski definition) is 0. The molecule has 1 atom stereocenters. The van der Waals surface area contributed by atoms with Crippen molar-refractivity contribution in [1.29, 1.82) is 0 Å². The first-order valence-electron chi connectivity index (χ1n) is 12.9. The Kier molecular flexibility index (Phi) is 7.32. The fourth-order valence-corrected chi connectivity index (χ4v) is 6.47. The van der Waals surface area contributed by atoms with Gasteiger partial charge in [-0.2, -0.15) is 4.98 Å². The number of ether oxygens (including phenoxy) is 2. The summed E-state index contributed by atoms with van der Waals surface area (Å²) in [5, 5.41) is 0.767. The minimum Gasteiger partial charge on any atom is -0.444 e. The predicted molar refractivity (Wildman–Crippen MR) is 148 cm³/mol. The van der Waals surface area contributed by atoms with Crippen LogP contribution in [0.5, 0.6) is 0 Å². The molecule has 2 aromatic carbocycles. The van der Waals surface area contributed by atoms with Gasteiger partial charge in [0.05, 0.1) is 18.2 Å².